The van der Waals surface area contributed by atoms with Crippen LogP contribution in [0.4, 0.5) is 0 Å². The molecule has 5 rings (SSSR count). The summed E-state index contributed by atoms with van der Waals surface area (Å²) in [4.78, 5) is 28.6. The maximum Gasteiger partial charge on any atom is 0.357 e. The quantitative estimate of drug-likeness (QED) is 0.446. The number of rotatable bonds is 5. The molecule has 8 heteroatoms. The number of nitrogens with zero attached hydrogens (tertiary/aromatic N) is 3. The van der Waals surface area contributed by atoms with Crippen LogP contribution in [0, 0.1) is 0 Å². The Balaban J connectivity index is 1.33. The van der Waals surface area contributed by atoms with Crippen LogP contribution < -0.4 is 0 Å². The normalized spacial score (nSPS) is 13.1. The number of hydrogen-bond donors (Lipinski definition) is 0. The fourth-order valence-corrected chi connectivity index (χ4v) is 4.48. The van der Waals surface area contributed by atoms with Crippen LogP contribution in [-0.2, 0) is 22.5 Å². The molecule has 0 saturated carbocycles. The summed E-state index contributed by atoms with van der Waals surface area (Å²) < 4.78 is 12.3. The highest BCUT2D eigenvalue weighted by molar-refractivity contribution is 7.10. The fraction of sp³-hybridized carbons (Fsp3) is 0.174. The first-order valence-corrected chi connectivity index (χ1v) is 10.8. The third kappa shape index (κ3) is 3.89. The molecule has 1 aliphatic rings. The van der Waals surface area contributed by atoms with Crippen molar-refractivity contribution in [3.63, 3.8) is 0 Å². The smallest absolute Gasteiger partial charge is 0.357 e. The predicted molar refractivity (Wildman–Crippen MR) is 115 cm³/mol. The standard InChI is InChI=1S/C23H19N3O4S/c27-22(25-10-8-21-16(14-25)9-12-31-21)15-30-23(28)19-13-18(20-7-4-11-29-20)24-26(19)17-5-2-1-3-6-17/h1-7,9,11-13H,8,10,14-15H2. The number of amides is 1. The van der Waals surface area contributed by atoms with Crippen molar-refractivity contribution < 1.29 is 18.7 Å². The van der Waals surface area contributed by atoms with E-state index in [1.54, 1.807) is 40.7 Å². The molecule has 0 radical (unpaired) electrons. The van der Waals surface area contributed by atoms with Crippen molar-refractivity contribution in [2.45, 2.75) is 13.0 Å². The Labute approximate surface area is 182 Å². The molecule has 4 aromatic rings. The van der Waals surface area contributed by atoms with Crippen LogP contribution in [0.1, 0.15) is 20.9 Å². The number of furan rings is 1. The van der Waals surface area contributed by atoms with Crippen molar-refractivity contribution in [3.8, 4) is 17.1 Å². The van der Waals surface area contributed by atoms with Gasteiger partial charge in [-0.15, -0.1) is 11.3 Å². The van der Waals surface area contributed by atoms with E-state index in [0.717, 1.165) is 6.42 Å². The van der Waals surface area contributed by atoms with Crippen molar-refractivity contribution in [1.29, 1.82) is 0 Å². The second-order valence-electron chi connectivity index (χ2n) is 7.15. The number of para-hydroxylation sites is 1. The maximum absolute atomic E-state index is 12.9. The zero-order chi connectivity index (χ0) is 21.2. The molecule has 31 heavy (non-hydrogen) atoms. The lowest BCUT2D eigenvalue weighted by atomic mass is 10.1. The minimum atomic E-state index is -0.615. The van der Waals surface area contributed by atoms with Gasteiger partial charge in [0.25, 0.3) is 5.91 Å². The Morgan fingerprint density at radius 2 is 2.00 bits per heavy atom. The largest absolute Gasteiger partial charge is 0.463 e. The molecule has 0 aliphatic carbocycles. The molecule has 0 fully saturated rings. The highest BCUT2D eigenvalue weighted by Gasteiger charge is 2.24. The zero-order valence-corrected chi connectivity index (χ0v) is 17.4. The number of aromatic nitrogens is 2. The number of hydrogen-bond acceptors (Lipinski definition) is 6. The van der Waals surface area contributed by atoms with Crippen LogP contribution in [0.2, 0.25) is 0 Å². The fourth-order valence-electron chi connectivity index (χ4n) is 3.59. The van der Waals surface area contributed by atoms with E-state index in [1.165, 1.54) is 15.1 Å². The van der Waals surface area contributed by atoms with Crippen LogP contribution in [0.15, 0.2) is 70.7 Å². The Morgan fingerprint density at radius 3 is 2.81 bits per heavy atom. The summed E-state index contributed by atoms with van der Waals surface area (Å²) in [6.07, 6.45) is 2.38. The van der Waals surface area contributed by atoms with Gasteiger partial charge in [0, 0.05) is 24.0 Å². The second-order valence-corrected chi connectivity index (χ2v) is 8.15. The van der Waals surface area contributed by atoms with E-state index >= 15 is 0 Å². The summed E-state index contributed by atoms with van der Waals surface area (Å²) in [7, 11) is 0. The molecule has 156 valence electrons. The number of fused-ring (bicyclic) bond motifs is 1. The monoisotopic (exact) mass is 433 g/mol. The van der Waals surface area contributed by atoms with E-state index in [1.807, 2.05) is 41.8 Å². The SMILES string of the molecule is O=C(OCC(=O)N1CCc2sccc2C1)c1cc(-c2ccco2)nn1-c1ccccc1. The van der Waals surface area contributed by atoms with Gasteiger partial charge in [-0.25, -0.2) is 9.48 Å². The first-order chi connectivity index (χ1) is 15.2. The Bertz CT molecular complexity index is 1210. The average Bonchev–Trinajstić information content (AvgIpc) is 3.57. The van der Waals surface area contributed by atoms with Gasteiger partial charge in [0.1, 0.15) is 5.69 Å². The topological polar surface area (TPSA) is 77.6 Å². The minimum Gasteiger partial charge on any atom is -0.463 e. The van der Waals surface area contributed by atoms with Crippen molar-refractivity contribution in [2.75, 3.05) is 13.2 Å². The van der Waals surface area contributed by atoms with Crippen LogP contribution >= 0.6 is 11.3 Å². The molecule has 1 amide bonds. The molecule has 0 bridgehead atoms. The summed E-state index contributed by atoms with van der Waals surface area (Å²) in [6.45, 7) is 0.878. The number of carbonyl (C=O) groups is 2. The Hall–Kier alpha value is -3.65. The molecule has 1 aromatic carbocycles. The van der Waals surface area contributed by atoms with E-state index in [9.17, 15) is 9.59 Å². The first kappa shape index (κ1) is 19.3. The lowest BCUT2D eigenvalue weighted by molar-refractivity contribution is -0.135. The molecule has 1 aliphatic heterocycles. The molecule has 0 spiro atoms. The number of esters is 1. The van der Waals surface area contributed by atoms with Crippen molar-refractivity contribution >= 4 is 23.2 Å². The number of thiophene rings is 1. The molecular formula is C23H19N3O4S. The summed E-state index contributed by atoms with van der Waals surface area (Å²) in [5.41, 5.74) is 2.61. The van der Waals surface area contributed by atoms with E-state index in [2.05, 4.69) is 5.10 Å². The number of benzene rings is 1. The van der Waals surface area contributed by atoms with Gasteiger partial charge in [0.2, 0.25) is 0 Å². The first-order valence-electron chi connectivity index (χ1n) is 9.88. The van der Waals surface area contributed by atoms with Crippen LogP contribution in [0.5, 0.6) is 0 Å². The molecular weight excluding hydrogens is 414 g/mol. The van der Waals surface area contributed by atoms with Gasteiger partial charge < -0.3 is 14.1 Å². The van der Waals surface area contributed by atoms with Gasteiger partial charge in [0.15, 0.2) is 18.1 Å². The maximum atomic E-state index is 12.9. The highest BCUT2D eigenvalue weighted by Crippen LogP contribution is 2.25. The average molecular weight is 433 g/mol. The van der Waals surface area contributed by atoms with Gasteiger partial charge in [-0.3, -0.25) is 4.79 Å². The molecule has 0 atom stereocenters. The van der Waals surface area contributed by atoms with Gasteiger partial charge in [-0.1, -0.05) is 18.2 Å². The number of carbonyl (C=O) groups excluding carboxylic acids is 2. The van der Waals surface area contributed by atoms with E-state index in [0.29, 0.717) is 30.2 Å². The third-order valence-corrected chi connectivity index (χ3v) is 6.20. The Morgan fingerprint density at radius 1 is 1.13 bits per heavy atom. The predicted octanol–water partition coefficient (Wildman–Crippen LogP) is 3.94. The van der Waals surface area contributed by atoms with E-state index < -0.39 is 5.97 Å². The summed E-state index contributed by atoms with van der Waals surface area (Å²) in [5, 5.41) is 6.55. The zero-order valence-electron chi connectivity index (χ0n) is 16.6. The lowest BCUT2D eigenvalue weighted by Crippen LogP contribution is -2.38. The van der Waals surface area contributed by atoms with Gasteiger partial charge in [0.05, 0.1) is 12.0 Å². The molecule has 7 nitrogen and oxygen atoms in total. The van der Waals surface area contributed by atoms with Crippen LogP contribution in [0.3, 0.4) is 0 Å². The third-order valence-electron chi connectivity index (χ3n) is 5.18. The van der Waals surface area contributed by atoms with Crippen molar-refractivity contribution in [3.05, 3.63) is 82.4 Å². The molecule has 0 N–H and O–H groups in total. The molecule has 0 unspecified atom stereocenters. The molecule has 3 aromatic heterocycles. The van der Waals surface area contributed by atoms with Gasteiger partial charge in [-0.05, 0) is 47.7 Å². The van der Waals surface area contributed by atoms with E-state index in [-0.39, 0.29) is 18.2 Å². The van der Waals surface area contributed by atoms with Gasteiger partial charge >= 0.3 is 5.97 Å². The van der Waals surface area contributed by atoms with E-state index in [4.69, 9.17) is 9.15 Å². The van der Waals surface area contributed by atoms with Crippen LogP contribution in [-0.4, -0.2) is 39.7 Å². The highest BCUT2D eigenvalue weighted by atomic mass is 32.1. The molecule has 4 heterocycles. The summed E-state index contributed by atoms with van der Waals surface area (Å²) in [5.74, 6) is -0.280. The minimum absolute atomic E-state index is 0.206. The lowest BCUT2D eigenvalue weighted by Gasteiger charge is -2.26. The summed E-state index contributed by atoms with van der Waals surface area (Å²) in [6, 6.07) is 16.5. The van der Waals surface area contributed by atoms with Gasteiger partial charge in [-0.2, -0.15) is 5.10 Å². The van der Waals surface area contributed by atoms with Crippen molar-refractivity contribution in [1.82, 2.24) is 14.7 Å². The second kappa shape index (κ2) is 8.23. The molecule has 0 saturated heterocycles. The van der Waals surface area contributed by atoms with Crippen molar-refractivity contribution in [2.24, 2.45) is 0 Å². The summed E-state index contributed by atoms with van der Waals surface area (Å²) >= 11 is 1.71. The Kier molecular flexibility index (Phi) is 5.13. The number of ether oxygens (including phenoxy) is 1. The van der Waals surface area contributed by atoms with Crippen LogP contribution in [0.25, 0.3) is 17.1 Å².